The number of benzene rings is 2. The molecule has 1 amide bonds. The van der Waals surface area contributed by atoms with Crippen LogP contribution < -0.4 is 15.8 Å². The molecule has 2 aromatic rings. The average Bonchev–Trinajstić information content (AvgIpc) is 2.64. The molecule has 6 nitrogen and oxygen atoms in total. The van der Waals surface area contributed by atoms with Gasteiger partial charge in [-0.1, -0.05) is 32.4 Å². The second-order valence-corrected chi connectivity index (χ2v) is 8.11. The molecule has 2 rings (SSSR count). The number of rotatable bonds is 8. The number of hydrogen-bond acceptors (Lipinski definition) is 5. The summed E-state index contributed by atoms with van der Waals surface area (Å²) < 4.78 is 30.1. The molecule has 3 N–H and O–H groups in total. The minimum atomic E-state index is -3.38. The van der Waals surface area contributed by atoms with E-state index < -0.39 is 15.9 Å². The summed E-state index contributed by atoms with van der Waals surface area (Å²) in [6.07, 6.45) is 1.46. The number of para-hydroxylation sites is 1. The van der Waals surface area contributed by atoms with Crippen molar-refractivity contribution >= 4 is 21.4 Å². The third-order valence-electron chi connectivity index (χ3n) is 3.85. The van der Waals surface area contributed by atoms with Crippen LogP contribution in [0.2, 0.25) is 0 Å². The summed E-state index contributed by atoms with van der Waals surface area (Å²) in [5.74, 6) is 0.506. The molecule has 0 bridgehead atoms. The van der Waals surface area contributed by atoms with Gasteiger partial charge in [0, 0.05) is 5.69 Å². The number of sulfone groups is 1. The normalized spacial score (nSPS) is 12.4. The van der Waals surface area contributed by atoms with Gasteiger partial charge in [0.25, 0.3) is 0 Å². The van der Waals surface area contributed by atoms with Gasteiger partial charge < -0.3 is 15.8 Å². The van der Waals surface area contributed by atoms with Crippen LogP contribution in [0, 0.1) is 0 Å². The molecule has 0 aliphatic carbocycles. The average molecular weight is 376 g/mol. The molecule has 0 saturated heterocycles. The van der Waals surface area contributed by atoms with E-state index in [4.69, 9.17) is 10.5 Å². The highest BCUT2D eigenvalue weighted by Crippen LogP contribution is 2.30. The zero-order chi connectivity index (χ0) is 19.2. The van der Waals surface area contributed by atoms with E-state index in [-0.39, 0.29) is 22.3 Å². The number of hydrogen-bond donors (Lipinski definition) is 2. The fourth-order valence-corrected chi connectivity index (χ4v) is 3.37. The highest BCUT2D eigenvalue weighted by atomic mass is 32.2. The largest absolute Gasteiger partial charge is 0.456 e. The molecule has 0 radical (unpaired) electrons. The predicted molar refractivity (Wildman–Crippen MR) is 102 cm³/mol. The van der Waals surface area contributed by atoms with Crippen molar-refractivity contribution in [2.75, 3.05) is 11.1 Å². The van der Waals surface area contributed by atoms with Crippen molar-refractivity contribution in [2.45, 2.75) is 37.6 Å². The highest BCUT2D eigenvalue weighted by molar-refractivity contribution is 7.91. The summed E-state index contributed by atoms with van der Waals surface area (Å²) in [5.41, 5.74) is 6.38. The van der Waals surface area contributed by atoms with E-state index in [1.54, 1.807) is 49.4 Å². The molecule has 0 spiro atoms. The Morgan fingerprint density at radius 1 is 1.12 bits per heavy atom. The van der Waals surface area contributed by atoms with Gasteiger partial charge in [-0.15, -0.1) is 0 Å². The number of nitrogens with one attached hydrogen (secondary N) is 1. The second kappa shape index (κ2) is 8.82. The number of ether oxygens (including phenoxy) is 1. The lowest BCUT2D eigenvalue weighted by atomic mass is 10.1. The van der Waals surface area contributed by atoms with Crippen molar-refractivity contribution in [3.8, 4) is 11.5 Å². The van der Waals surface area contributed by atoms with Gasteiger partial charge in [-0.05, 0) is 42.8 Å². The zero-order valence-electron chi connectivity index (χ0n) is 14.9. The van der Waals surface area contributed by atoms with Gasteiger partial charge in [0.2, 0.25) is 5.91 Å². The molecule has 0 saturated carbocycles. The molecular weight excluding hydrogens is 352 g/mol. The fourth-order valence-electron chi connectivity index (χ4n) is 2.36. The minimum absolute atomic E-state index is 0.00361. The Kier molecular flexibility index (Phi) is 6.76. The lowest BCUT2D eigenvalue weighted by Crippen LogP contribution is -2.35. The first-order valence-electron chi connectivity index (χ1n) is 8.53. The SMILES string of the molecule is CCCC(N)C(=O)Nc1ccc(Oc2ccccc2S(=O)(=O)CC)cc1. The molecule has 26 heavy (non-hydrogen) atoms. The molecule has 140 valence electrons. The van der Waals surface area contributed by atoms with Crippen molar-refractivity contribution < 1.29 is 17.9 Å². The van der Waals surface area contributed by atoms with Crippen LogP contribution in [0.1, 0.15) is 26.7 Å². The molecule has 1 atom stereocenters. The Morgan fingerprint density at radius 2 is 1.77 bits per heavy atom. The van der Waals surface area contributed by atoms with Gasteiger partial charge in [-0.2, -0.15) is 0 Å². The van der Waals surface area contributed by atoms with Gasteiger partial charge >= 0.3 is 0 Å². The van der Waals surface area contributed by atoms with Crippen LogP contribution in [0.15, 0.2) is 53.4 Å². The van der Waals surface area contributed by atoms with Gasteiger partial charge in [0.05, 0.1) is 11.8 Å². The van der Waals surface area contributed by atoms with Gasteiger partial charge in [0.15, 0.2) is 9.84 Å². The third kappa shape index (κ3) is 5.06. The summed E-state index contributed by atoms with van der Waals surface area (Å²) in [6.45, 7) is 3.56. The highest BCUT2D eigenvalue weighted by Gasteiger charge is 2.18. The molecule has 0 aliphatic rings. The van der Waals surface area contributed by atoms with Crippen molar-refractivity contribution in [3.63, 3.8) is 0 Å². The van der Waals surface area contributed by atoms with Crippen LogP contribution in [0.3, 0.4) is 0 Å². The third-order valence-corrected chi connectivity index (χ3v) is 5.62. The Labute approximate surface area is 154 Å². The van der Waals surface area contributed by atoms with E-state index in [0.29, 0.717) is 17.9 Å². The lowest BCUT2D eigenvalue weighted by Gasteiger charge is -2.13. The molecule has 0 heterocycles. The molecule has 2 aromatic carbocycles. The summed E-state index contributed by atoms with van der Waals surface area (Å²) in [5, 5.41) is 2.75. The first kappa shape index (κ1) is 19.9. The van der Waals surface area contributed by atoms with E-state index in [2.05, 4.69) is 5.32 Å². The van der Waals surface area contributed by atoms with Crippen molar-refractivity contribution in [3.05, 3.63) is 48.5 Å². The second-order valence-electron chi connectivity index (χ2n) is 5.86. The number of anilines is 1. The summed E-state index contributed by atoms with van der Waals surface area (Å²) in [6, 6.07) is 12.7. The maximum Gasteiger partial charge on any atom is 0.241 e. The van der Waals surface area contributed by atoms with Gasteiger partial charge in [-0.25, -0.2) is 8.42 Å². The fraction of sp³-hybridized carbons (Fsp3) is 0.316. The van der Waals surface area contributed by atoms with Crippen LogP contribution >= 0.6 is 0 Å². The van der Waals surface area contributed by atoms with Crippen LogP contribution in [-0.2, 0) is 14.6 Å². The minimum Gasteiger partial charge on any atom is -0.456 e. The summed E-state index contributed by atoms with van der Waals surface area (Å²) in [7, 11) is -3.38. The van der Waals surface area contributed by atoms with E-state index in [0.717, 1.165) is 6.42 Å². The summed E-state index contributed by atoms with van der Waals surface area (Å²) in [4.78, 5) is 12.1. The van der Waals surface area contributed by atoms with Crippen LogP contribution in [0.4, 0.5) is 5.69 Å². The van der Waals surface area contributed by atoms with E-state index in [1.807, 2.05) is 6.92 Å². The van der Waals surface area contributed by atoms with E-state index in [1.165, 1.54) is 6.07 Å². The standard InChI is InChI=1S/C19H24N2O4S/c1-3-7-16(20)19(22)21-14-10-12-15(13-11-14)25-17-8-5-6-9-18(17)26(23,24)4-2/h5-6,8-13,16H,3-4,7,20H2,1-2H3,(H,21,22). The first-order chi connectivity index (χ1) is 12.4. The zero-order valence-corrected chi connectivity index (χ0v) is 15.8. The molecule has 7 heteroatoms. The van der Waals surface area contributed by atoms with Gasteiger partial charge in [-0.3, -0.25) is 4.79 Å². The van der Waals surface area contributed by atoms with Crippen LogP contribution in [0.5, 0.6) is 11.5 Å². The number of nitrogens with two attached hydrogens (primary N) is 1. The summed E-state index contributed by atoms with van der Waals surface area (Å²) >= 11 is 0. The van der Waals surface area contributed by atoms with Crippen molar-refractivity contribution in [2.24, 2.45) is 5.73 Å². The molecule has 0 aliphatic heterocycles. The van der Waals surface area contributed by atoms with Gasteiger partial charge in [0.1, 0.15) is 16.4 Å². The molecule has 0 fully saturated rings. The van der Waals surface area contributed by atoms with Crippen LogP contribution in [0.25, 0.3) is 0 Å². The maximum absolute atomic E-state index is 12.2. The van der Waals surface area contributed by atoms with Crippen molar-refractivity contribution in [1.82, 2.24) is 0 Å². The Morgan fingerprint density at radius 3 is 2.38 bits per heavy atom. The maximum atomic E-state index is 12.2. The quantitative estimate of drug-likeness (QED) is 0.736. The molecular formula is C19H24N2O4S. The topological polar surface area (TPSA) is 98.5 Å². The van der Waals surface area contributed by atoms with E-state index >= 15 is 0 Å². The van der Waals surface area contributed by atoms with E-state index in [9.17, 15) is 13.2 Å². The Bertz CT molecular complexity index is 848. The monoisotopic (exact) mass is 376 g/mol. The molecule has 0 aromatic heterocycles. The van der Waals surface area contributed by atoms with Crippen molar-refractivity contribution in [1.29, 1.82) is 0 Å². The molecule has 1 unspecified atom stereocenters. The number of amides is 1. The number of carbonyl (C=O) groups is 1. The van der Waals surface area contributed by atoms with Crippen LogP contribution in [-0.4, -0.2) is 26.1 Å². The predicted octanol–water partition coefficient (Wildman–Crippen LogP) is 3.34. The Balaban J connectivity index is 2.12. The number of carbonyl (C=O) groups excluding carboxylic acids is 1. The smallest absolute Gasteiger partial charge is 0.241 e. The lowest BCUT2D eigenvalue weighted by molar-refractivity contribution is -0.117. The first-order valence-corrected chi connectivity index (χ1v) is 10.2. The Hall–Kier alpha value is -2.38.